The molecule has 4 N–H and O–H groups in total. The number of aliphatic hydroxyl groups is 1. The Morgan fingerprint density at radius 3 is 1.38 bits per heavy atom. The number of carboxylic acids is 3. The summed E-state index contributed by atoms with van der Waals surface area (Å²) >= 11 is 0. The molecular formula is C6H9ClMgNaO7+. The van der Waals surface area contributed by atoms with Crippen LogP contribution in [0.2, 0.25) is 0 Å². The monoisotopic (exact) mass is 275 g/mol. The molecule has 0 radical (unpaired) electrons. The Hall–Kier alpha value is 0.426. The van der Waals surface area contributed by atoms with Gasteiger partial charge in [-0.3, -0.25) is 9.59 Å². The molecule has 0 bridgehead atoms. The SMILES string of the molecule is O=C(O)CC(O)(CC(=O)O)C(=O)O.[Cl-].[H-].[Mg+2].[Na+]. The van der Waals surface area contributed by atoms with Crippen LogP contribution in [0.4, 0.5) is 0 Å². The zero-order valence-corrected chi connectivity index (χ0v) is 12.7. The minimum atomic E-state index is -2.74. The number of halogens is 1. The van der Waals surface area contributed by atoms with Crippen LogP contribution in [-0.4, -0.2) is 67.0 Å². The van der Waals surface area contributed by atoms with Gasteiger partial charge in [-0.2, -0.15) is 0 Å². The summed E-state index contributed by atoms with van der Waals surface area (Å²) in [5, 5.41) is 33.8. The maximum absolute atomic E-state index is 10.3. The van der Waals surface area contributed by atoms with E-state index in [0.29, 0.717) is 0 Å². The third-order valence-electron chi connectivity index (χ3n) is 1.29. The standard InChI is InChI=1S/C6H8O7.ClH.Mg.Na.H/c7-3(8)1-6(13,5(11)12)2-4(9)10;;;;/h13H,1-2H2,(H,7,8)(H,9,10)(H,11,12);1H;;;/q;;+2;+1;-1/p-1. The Kier molecular flexibility index (Phi) is 16.7. The fourth-order valence-corrected chi connectivity index (χ4v) is 0.714. The Morgan fingerprint density at radius 1 is 1.00 bits per heavy atom. The number of aliphatic carboxylic acids is 3. The largest absolute Gasteiger partial charge is 2.00 e. The molecule has 0 amide bonds. The summed E-state index contributed by atoms with van der Waals surface area (Å²) in [5.74, 6) is -5.02. The predicted molar refractivity (Wildman–Crippen MR) is 44.0 cm³/mol. The van der Waals surface area contributed by atoms with Gasteiger partial charge >= 0.3 is 70.5 Å². The van der Waals surface area contributed by atoms with Crippen LogP contribution in [0.5, 0.6) is 0 Å². The van der Waals surface area contributed by atoms with Crippen molar-refractivity contribution >= 4 is 41.0 Å². The third-order valence-corrected chi connectivity index (χ3v) is 1.29. The van der Waals surface area contributed by atoms with Crippen molar-refractivity contribution in [3.8, 4) is 0 Å². The van der Waals surface area contributed by atoms with Gasteiger partial charge in [-0.1, -0.05) is 0 Å². The van der Waals surface area contributed by atoms with E-state index < -0.39 is 36.4 Å². The second-order valence-corrected chi connectivity index (χ2v) is 2.48. The summed E-state index contributed by atoms with van der Waals surface area (Å²) in [6.07, 6.45) is -2.29. The molecule has 0 aromatic heterocycles. The van der Waals surface area contributed by atoms with Crippen molar-refractivity contribution in [1.29, 1.82) is 0 Å². The van der Waals surface area contributed by atoms with E-state index in [4.69, 9.17) is 20.4 Å². The number of carbonyl (C=O) groups is 3. The molecule has 7 nitrogen and oxygen atoms in total. The van der Waals surface area contributed by atoms with Crippen molar-refractivity contribution in [1.82, 2.24) is 0 Å². The maximum Gasteiger partial charge on any atom is 2.00 e. The van der Waals surface area contributed by atoms with E-state index in [1.807, 2.05) is 0 Å². The number of hydrogen-bond acceptors (Lipinski definition) is 4. The minimum Gasteiger partial charge on any atom is -1.00 e. The molecule has 0 rings (SSSR count). The molecule has 0 saturated carbocycles. The second-order valence-electron chi connectivity index (χ2n) is 2.48. The molecule has 84 valence electrons. The fourth-order valence-electron chi connectivity index (χ4n) is 0.714. The van der Waals surface area contributed by atoms with Gasteiger partial charge in [-0.05, 0) is 0 Å². The summed E-state index contributed by atoms with van der Waals surface area (Å²) in [6, 6.07) is 0. The molecule has 0 aliphatic heterocycles. The average Bonchev–Trinajstić information content (AvgIpc) is 1.82. The molecule has 0 spiro atoms. The fraction of sp³-hybridized carbons (Fsp3) is 0.500. The molecule has 0 fully saturated rings. The molecule has 0 atom stereocenters. The van der Waals surface area contributed by atoms with Crippen molar-refractivity contribution in [2.24, 2.45) is 0 Å². The van der Waals surface area contributed by atoms with Crippen molar-refractivity contribution < 1.29 is 78.2 Å². The quantitative estimate of drug-likeness (QED) is 0.367. The summed E-state index contributed by atoms with van der Waals surface area (Å²) in [4.78, 5) is 30.5. The summed E-state index contributed by atoms with van der Waals surface area (Å²) in [6.45, 7) is 0. The van der Waals surface area contributed by atoms with Gasteiger partial charge in [0.25, 0.3) is 0 Å². The van der Waals surface area contributed by atoms with Crippen LogP contribution in [0.3, 0.4) is 0 Å². The Labute approximate surface area is 137 Å². The molecule has 0 saturated heterocycles. The van der Waals surface area contributed by atoms with Crippen LogP contribution < -0.4 is 42.0 Å². The summed E-state index contributed by atoms with van der Waals surface area (Å²) in [5.41, 5.74) is -2.74. The molecular weight excluding hydrogens is 267 g/mol. The minimum absolute atomic E-state index is 0. The number of hydrogen-bond donors (Lipinski definition) is 4. The van der Waals surface area contributed by atoms with E-state index in [-0.39, 0.29) is 66.4 Å². The summed E-state index contributed by atoms with van der Waals surface area (Å²) in [7, 11) is 0. The van der Waals surface area contributed by atoms with Gasteiger partial charge in [0.15, 0.2) is 5.60 Å². The van der Waals surface area contributed by atoms with Gasteiger partial charge < -0.3 is 34.3 Å². The Morgan fingerprint density at radius 2 is 1.25 bits per heavy atom. The zero-order valence-electron chi connectivity index (χ0n) is 9.51. The van der Waals surface area contributed by atoms with E-state index in [1.54, 1.807) is 0 Å². The number of carboxylic acid groups (broad SMARTS) is 3. The first-order valence-corrected chi connectivity index (χ1v) is 3.17. The van der Waals surface area contributed by atoms with E-state index in [2.05, 4.69) is 0 Å². The topological polar surface area (TPSA) is 132 Å². The maximum atomic E-state index is 10.3. The summed E-state index contributed by atoms with van der Waals surface area (Å²) < 4.78 is 0. The smallest absolute Gasteiger partial charge is 1.00 e. The van der Waals surface area contributed by atoms with Gasteiger partial charge in [-0.25, -0.2) is 4.79 Å². The zero-order chi connectivity index (χ0) is 10.6. The molecule has 0 aliphatic carbocycles. The van der Waals surface area contributed by atoms with Gasteiger partial charge in [-0.15, -0.1) is 0 Å². The molecule has 0 unspecified atom stereocenters. The van der Waals surface area contributed by atoms with Crippen LogP contribution in [0, 0.1) is 0 Å². The van der Waals surface area contributed by atoms with Crippen LogP contribution in [0.15, 0.2) is 0 Å². The molecule has 16 heavy (non-hydrogen) atoms. The van der Waals surface area contributed by atoms with Gasteiger partial charge in [0.05, 0.1) is 12.8 Å². The Balaban J connectivity index is -0.000000120. The first-order chi connectivity index (χ1) is 5.78. The normalized spacial score (nSPS) is 8.81. The van der Waals surface area contributed by atoms with Crippen LogP contribution in [-0.2, 0) is 14.4 Å². The number of rotatable bonds is 5. The van der Waals surface area contributed by atoms with E-state index in [1.165, 1.54) is 0 Å². The first-order valence-electron chi connectivity index (χ1n) is 3.17. The molecule has 0 heterocycles. The average molecular weight is 276 g/mol. The van der Waals surface area contributed by atoms with Gasteiger partial charge in [0, 0.05) is 0 Å². The Bertz CT molecular complexity index is 249. The van der Waals surface area contributed by atoms with Crippen LogP contribution in [0.25, 0.3) is 0 Å². The van der Waals surface area contributed by atoms with Gasteiger partial charge in [0.2, 0.25) is 0 Å². The third kappa shape index (κ3) is 9.64. The van der Waals surface area contributed by atoms with Crippen molar-refractivity contribution in [2.45, 2.75) is 18.4 Å². The second kappa shape index (κ2) is 10.6. The first kappa shape index (κ1) is 25.3. The molecule has 0 aliphatic rings. The molecule has 10 heteroatoms. The van der Waals surface area contributed by atoms with Crippen LogP contribution in [0.1, 0.15) is 14.3 Å². The van der Waals surface area contributed by atoms with Crippen molar-refractivity contribution in [2.75, 3.05) is 0 Å². The predicted octanol–water partition coefficient (Wildman–Crippen LogP) is -7.51. The van der Waals surface area contributed by atoms with Crippen molar-refractivity contribution in [3.05, 3.63) is 0 Å². The molecule has 0 aromatic carbocycles. The van der Waals surface area contributed by atoms with Crippen LogP contribution >= 0.6 is 0 Å². The van der Waals surface area contributed by atoms with Crippen molar-refractivity contribution in [3.63, 3.8) is 0 Å². The van der Waals surface area contributed by atoms with E-state index >= 15 is 0 Å². The molecule has 0 aromatic rings. The van der Waals surface area contributed by atoms with Gasteiger partial charge in [0.1, 0.15) is 0 Å². The van der Waals surface area contributed by atoms with E-state index in [9.17, 15) is 14.4 Å². The van der Waals surface area contributed by atoms with E-state index in [0.717, 1.165) is 0 Å².